The predicted molar refractivity (Wildman–Crippen MR) is 159 cm³/mol. The Bertz CT molecular complexity index is 1600. The van der Waals surface area contributed by atoms with Crippen molar-refractivity contribution in [3.8, 4) is 11.1 Å². The number of nitrogens with zero attached hydrogens (tertiary/aromatic N) is 6. The van der Waals surface area contributed by atoms with E-state index < -0.39 is 0 Å². The van der Waals surface area contributed by atoms with E-state index in [0.29, 0.717) is 23.4 Å². The summed E-state index contributed by atoms with van der Waals surface area (Å²) in [6.45, 7) is 12.6. The molecule has 0 aliphatic rings. The molecule has 7 nitrogen and oxygen atoms in total. The molecule has 6 aromatic rings. The number of imidazole rings is 1. The van der Waals surface area contributed by atoms with E-state index in [1.165, 1.54) is 0 Å². The third-order valence-electron chi connectivity index (χ3n) is 5.77. The first-order valence-corrected chi connectivity index (χ1v) is 13.6. The maximum Gasteiger partial charge on any atom is 0.211 e. The molecule has 0 spiro atoms. The maximum atomic E-state index is 13.5. The van der Waals surface area contributed by atoms with E-state index >= 15 is 0 Å². The molecule has 0 aliphatic heterocycles. The molecule has 0 atom stereocenters. The highest BCUT2D eigenvalue weighted by Crippen LogP contribution is 2.31. The molecular weight excluding hydrogens is 484 g/mol. The van der Waals surface area contributed by atoms with Crippen LogP contribution >= 0.6 is 0 Å². The monoisotopic (exact) mass is 520 g/mol. The largest absolute Gasteiger partial charge is 0.323 e. The molecule has 3 aromatic heterocycles. The molecule has 0 N–H and O–H groups in total. The topological polar surface area (TPSA) is 78.0 Å². The molecule has 39 heavy (non-hydrogen) atoms. The Morgan fingerprint density at radius 2 is 1.46 bits per heavy atom. The zero-order chi connectivity index (χ0) is 28.2. The number of hydrogen-bond donors (Lipinski definition) is 0. The fraction of sp³-hybridized carbons (Fsp3) is 0.219. The standard InChI is InChI=1S/C26H18N6O.3C2H6/c33-26(24-15-27-17-31(24)16-18-7-3-1-4-8-18)20-11-12-23-22(13-20)21(19-9-5-2-6-10-19)14-25-28-29-30-32(23)25;3*1-2/h1-15,17H,16H2;3*1-2H3. The molecule has 0 bridgehead atoms. The molecule has 0 amide bonds. The van der Waals surface area contributed by atoms with Crippen LogP contribution in [0.2, 0.25) is 0 Å². The Morgan fingerprint density at radius 3 is 2.15 bits per heavy atom. The van der Waals surface area contributed by atoms with Crippen molar-refractivity contribution in [3.05, 3.63) is 114 Å². The number of ketones is 1. The van der Waals surface area contributed by atoms with Gasteiger partial charge in [-0.3, -0.25) is 4.79 Å². The Labute approximate surface area is 230 Å². The number of hydrogen-bond acceptors (Lipinski definition) is 5. The number of pyridine rings is 1. The van der Waals surface area contributed by atoms with Gasteiger partial charge >= 0.3 is 0 Å². The number of carbonyl (C=O) groups excluding carboxylic acids is 1. The maximum absolute atomic E-state index is 13.5. The van der Waals surface area contributed by atoms with Gasteiger partial charge in [0.1, 0.15) is 5.69 Å². The second kappa shape index (κ2) is 14.3. The highest BCUT2D eigenvalue weighted by molar-refractivity contribution is 6.11. The van der Waals surface area contributed by atoms with Gasteiger partial charge in [-0.1, -0.05) is 102 Å². The molecule has 0 saturated carbocycles. The Kier molecular flexibility index (Phi) is 10.6. The van der Waals surface area contributed by atoms with Crippen LogP contribution in [0.5, 0.6) is 0 Å². The number of benzene rings is 3. The number of fused-ring (bicyclic) bond motifs is 3. The van der Waals surface area contributed by atoms with Gasteiger partial charge in [0.15, 0.2) is 5.65 Å². The van der Waals surface area contributed by atoms with Crippen molar-refractivity contribution < 1.29 is 4.79 Å². The smallest absolute Gasteiger partial charge is 0.211 e. The van der Waals surface area contributed by atoms with Gasteiger partial charge in [-0.2, -0.15) is 4.52 Å². The first-order chi connectivity index (χ1) is 19.3. The van der Waals surface area contributed by atoms with E-state index in [4.69, 9.17) is 0 Å². The van der Waals surface area contributed by atoms with Crippen LogP contribution in [-0.2, 0) is 6.54 Å². The van der Waals surface area contributed by atoms with Crippen molar-refractivity contribution >= 4 is 22.3 Å². The van der Waals surface area contributed by atoms with Gasteiger partial charge < -0.3 is 4.57 Å². The second-order valence-electron chi connectivity index (χ2n) is 7.83. The molecule has 0 fully saturated rings. The number of carbonyl (C=O) groups is 1. The Hall–Kier alpha value is -4.65. The normalized spacial score (nSPS) is 10.0. The van der Waals surface area contributed by atoms with Crippen LogP contribution in [0.25, 0.3) is 27.7 Å². The van der Waals surface area contributed by atoms with Gasteiger partial charge in [0.05, 0.1) is 18.0 Å². The molecule has 0 saturated heterocycles. The lowest BCUT2D eigenvalue weighted by atomic mass is 9.98. The zero-order valence-corrected chi connectivity index (χ0v) is 23.5. The van der Waals surface area contributed by atoms with Crippen molar-refractivity contribution in [1.29, 1.82) is 0 Å². The van der Waals surface area contributed by atoms with Gasteiger partial charge in [0.25, 0.3) is 0 Å². The third-order valence-corrected chi connectivity index (χ3v) is 5.77. The minimum Gasteiger partial charge on any atom is -0.323 e. The second-order valence-corrected chi connectivity index (χ2v) is 7.83. The summed E-state index contributed by atoms with van der Waals surface area (Å²) in [4.78, 5) is 17.8. The summed E-state index contributed by atoms with van der Waals surface area (Å²) in [6.07, 6.45) is 3.32. The van der Waals surface area contributed by atoms with E-state index in [9.17, 15) is 4.79 Å². The van der Waals surface area contributed by atoms with Gasteiger partial charge in [-0.25, -0.2) is 4.98 Å². The molecule has 3 aromatic carbocycles. The Balaban J connectivity index is 0.000000657. The summed E-state index contributed by atoms with van der Waals surface area (Å²) < 4.78 is 3.57. The van der Waals surface area contributed by atoms with E-state index in [-0.39, 0.29) is 5.78 Å². The highest BCUT2D eigenvalue weighted by atomic mass is 16.1. The molecule has 3 heterocycles. The number of tetrazole rings is 1. The van der Waals surface area contributed by atoms with E-state index in [1.807, 2.05) is 131 Å². The molecule has 7 heteroatoms. The summed E-state index contributed by atoms with van der Waals surface area (Å²) >= 11 is 0. The fourth-order valence-corrected chi connectivity index (χ4v) is 4.16. The first-order valence-electron chi connectivity index (χ1n) is 13.6. The highest BCUT2D eigenvalue weighted by Gasteiger charge is 2.18. The van der Waals surface area contributed by atoms with Crippen LogP contribution in [0.1, 0.15) is 63.2 Å². The summed E-state index contributed by atoms with van der Waals surface area (Å²) in [7, 11) is 0. The van der Waals surface area contributed by atoms with Crippen molar-refractivity contribution in [1.82, 2.24) is 29.6 Å². The SMILES string of the molecule is CC.CC.CC.O=C(c1ccc2c(c1)c(-c1ccccc1)cc1nnnn12)c1cncn1Cc1ccccc1. The van der Waals surface area contributed by atoms with Crippen molar-refractivity contribution in [3.63, 3.8) is 0 Å². The van der Waals surface area contributed by atoms with E-state index in [2.05, 4.69) is 20.5 Å². The van der Waals surface area contributed by atoms with Crippen LogP contribution < -0.4 is 0 Å². The molecular formula is C32H36N6O. The quantitative estimate of drug-likeness (QED) is 0.220. The third kappa shape index (κ3) is 6.26. The van der Waals surface area contributed by atoms with Gasteiger partial charge in [-0.15, -0.1) is 5.10 Å². The van der Waals surface area contributed by atoms with Gasteiger partial charge in [0.2, 0.25) is 5.78 Å². The summed E-state index contributed by atoms with van der Waals surface area (Å²) in [6, 6.07) is 27.6. The predicted octanol–water partition coefficient (Wildman–Crippen LogP) is 7.50. The summed E-state index contributed by atoms with van der Waals surface area (Å²) in [5.74, 6) is -0.0823. The lowest BCUT2D eigenvalue weighted by Gasteiger charge is -2.11. The minimum absolute atomic E-state index is 0.0823. The molecule has 200 valence electrons. The molecule has 0 radical (unpaired) electrons. The molecule has 6 rings (SSSR count). The van der Waals surface area contributed by atoms with Crippen LogP contribution in [0.3, 0.4) is 0 Å². The van der Waals surface area contributed by atoms with Crippen LogP contribution in [-0.4, -0.2) is 35.4 Å². The minimum atomic E-state index is -0.0823. The zero-order valence-electron chi connectivity index (χ0n) is 23.5. The lowest BCUT2D eigenvalue weighted by molar-refractivity contribution is 0.103. The fourth-order valence-electron chi connectivity index (χ4n) is 4.16. The average Bonchev–Trinajstić information content (AvgIpc) is 3.70. The van der Waals surface area contributed by atoms with Crippen LogP contribution in [0, 0.1) is 0 Å². The lowest BCUT2D eigenvalue weighted by Crippen LogP contribution is -2.10. The number of aromatic nitrogens is 6. The summed E-state index contributed by atoms with van der Waals surface area (Å²) in [5, 5.41) is 13.0. The van der Waals surface area contributed by atoms with Crippen molar-refractivity contribution in [2.45, 2.75) is 48.1 Å². The van der Waals surface area contributed by atoms with Crippen LogP contribution in [0.15, 0.2) is 97.5 Å². The van der Waals surface area contributed by atoms with E-state index in [0.717, 1.165) is 27.6 Å². The van der Waals surface area contributed by atoms with Crippen LogP contribution in [0.4, 0.5) is 0 Å². The van der Waals surface area contributed by atoms with Gasteiger partial charge in [-0.05, 0) is 51.4 Å². The molecule has 0 aliphatic carbocycles. The van der Waals surface area contributed by atoms with Crippen molar-refractivity contribution in [2.75, 3.05) is 0 Å². The first kappa shape index (κ1) is 28.9. The summed E-state index contributed by atoms with van der Waals surface area (Å²) in [5.41, 5.74) is 5.74. The molecule has 0 unspecified atom stereocenters. The van der Waals surface area contributed by atoms with E-state index in [1.54, 1.807) is 17.0 Å². The van der Waals surface area contributed by atoms with Gasteiger partial charge in [0, 0.05) is 17.5 Å². The average molecular weight is 521 g/mol. The number of rotatable bonds is 5. The Morgan fingerprint density at radius 1 is 0.795 bits per heavy atom. The van der Waals surface area contributed by atoms with Crippen molar-refractivity contribution in [2.24, 2.45) is 0 Å².